The molecule has 0 spiro atoms. The maximum atomic E-state index is 12.3. The molecule has 122 valence electrons. The third-order valence-electron chi connectivity index (χ3n) is 3.27. The predicted octanol–water partition coefficient (Wildman–Crippen LogP) is 2.81. The van der Waals surface area contributed by atoms with Crippen molar-refractivity contribution in [2.75, 3.05) is 5.32 Å². The summed E-state index contributed by atoms with van der Waals surface area (Å²) >= 11 is 0. The molecule has 1 unspecified atom stereocenters. The van der Waals surface area contributed by atoms with Gasteiger partial charge < -0.3 is 11.1 Å². The highest BCUT2D eigenvalue weighted by Gasteiger charge is 2.21. The summed E-state index contributed by atoms with van der Waals surface area (Å²) in [5, 5.41) is 2.78. The normalized spacial score (nSPS) is 12.7. The molecule has 0 aliphatic rings. The number of benzene rings is 2. The molecule has 3 N–H and O–H groups in total. The van der Waals surface area contributed by atoms with Crippen LogP contribution in [0, 0.1) is 0 Å². The summed E-state index contributed by atoms with van der Waals surface area (Å²) in [7, 11) is -0.997. The fourth-order valence-electron chi connectivity index (χ4n) is 2.03. The Morgan fingerprint density at radius 2 is 1.65 bits per heavy atom. The molecular formula is C18H22N2O2S. The second kappa shape index (κ2) is 7.53. The lowest BCUT2D eigenvalue weighted by Crippen LogP contribution is -2.45. The van der Waals surface area contributed by atoms with Gasteiger partial charge in [0.15, 0.2) is 0 Å². The SMILES string of the molecule is CC(C)(N)C(=O)Nc1cccc(CS(=O)Cc2ccccc2)c1. The van der Waals surface area contributed by atoms with E-state index in [1.807, 2.05) is 48.5 Å². The zero-order valence-corrected chi connectivity index (χ0v) is 14.2. The number of hydrogen-bond donors (Lipinski definition) is 2. The minimum atomic E-state index is -0.997. The van der Waals surface area contributed by atoms with Gasteiger partial charge >= 0.3 is 0 Å². The van der Waals surface area contributed by atoms with Gasteiger partial charge in [-0.3, -0.25) is 9.00 Å². The van der Waals surface area contributed by atoms with Crippen LogP contribution in [0.3, 0.4) is 0 Å². The Bertz CT molecular complexity index is 694. The maximum absolute atomic E-state index is 12.3. The average Bonchev–Trinajstić information content (AvgIpc) is 2.47. The summed E-state index contributed by atoms with van der Waals surface area (Å²) in [6.07, 6.45) is 0. The molecule has 1 atom stereocenters. The lowest BCUT2D eigenvalue weighted by atomic mass is 10.1. The molecule has 23 heavy (non-hydrogen) atoms. The molecule has 2 aromatic rings. The summed E-state index contributed by atoms with van der Waals surface area (Å²) in [6.45, 7) is 3.31. The predicted molar refractivity (Wildman–Crippen MR) is 95.3 cm³/mol. The molecule has 0 aromatic heterocycles. The van der Waals surface area contributed by atoms with Gasteiger partial charge in [0.25, 0.3) is 0 Å². The molecule has 5 heteroatoms. The van der Waals surface area contributed by atoms with Gasteiger partial charge in [-0.2, -0.15) is 0 Å². The number of carbonyl (C=O) groups is 1. The monoisotopic (exact) mass is 330 g/mol. The van der Waals surface area contributed by atoms with Crippen molar-refractivity contribution in [1.82, 2.24) is 0 Å². The van der Waals surface area contributed by atoms with Crippen molar-refractivity contribution < 1.29 is 9.00 Å². The molecule has 0 aliphatic heterocycles. The fraction of sp³-hybridized carbons (Fsp3) is 0.278. The number of carbonyl (C=O) groups excluding carboxylic acids is 1. The molecule has 0 bridgehead atoms. The molecule has 0 saturated carbocycles. The Kier molecular flexibility index (Phi) is 5.69. The highest BCUT2D eigenvalue weighted by Crippen LogP contribution is 2.15. The van der Waals surface area contributed by atoms with Gasteiger partial charge in [0, 0.05) is 28.0 Å². The van der Waals surface area contributed by atoms with Crippen LogP contribution in [0.4, 0.5) is 5.69 Å². The van der Waals surface area contributed by atoms with E-state index in [1.165, 1.54) is 0 Å². The Morgan fingerprint density at radius 1 is 1.04 bits per heavy atom. The van der Waals surface area contributed by atoms with Gasteiger partial charge in [-0.15, -0.1) is 0 Å². The van der Waals surface area contributed by atoms with E-state index in [-0.39, 0.29) is 5.91 Å². The molecule has 1 amide bonds. The van der Waals surface area contributed by atoms with E-state index in [2.05, 4.69) is 5.32 Å². The van der Waals surface area contributed by atoms with Crippen LogP contribution in [0.15, 0.2) is 54.6 Å². The van der Waals surface area contributed by atoms with E-state index in [0.717, 1.165) is 11.1 Å². The van der Waals surface area contributed by atoms with Crippen LogP contribution in [0.1, 0.15) is 25.0 Å². The second-order valence-corrected chi connectivity index (χ2v) is 7.55. The molecule has 4 nitrogen and oxygen atoms in total. The lowest BCUT2D eigenvalue weighted by Gasteiger charge is -2.18. The van der Waals surface area contributed by atoms with E-state index in [4.69, 9.17) is 5.73 Å². The molecule has 0 saturated heterocycles. The van der Waals surface area contributed by atoms with Crippen LogP contribution in [0.5, 0.6) is 0 Å². The third-order valence-corrected chi connectivity index (χ3v) is 4.58. The van der Waals surface area contributed by atoms with Crippen LogP contribution in [-0.4, -0.2) is 15.7 Å². The van der Waals surface area contributed by atoms with Crippen molar-refractivity contribution in [3.63, 3.8) is 0 Å². The van der Waals surface area contributed by atoms with E-state index >= 15 is 0 Å². The average molecular weight is 330 g/mol. The van der Waals surface area contributed by atoms with Gasteiger partial charge in [-0.25, -0.2) is 0 Å². The summed E-state index contributed by atoms with van der Waals surface area (Å²) in [5.74, 6) is 0.720. The molecule has 0 radical (unpaired) electrons. The van der Waals surface area contributed by atoms with Crippen LogP contribution in [0.25, 0.3) is 0 Å². The zero-order chi connectivity index (χ0) is 16.9. The summed E-state index contributed by atoms with van der Waals surface area (Å²) < 4.78 is 12.3. The summed E-state index contributed by atoms with van der Waals surface area (Å²) in [6, 6.07) is 17.2. The molecule has 2 rings (SSSR count). The standard InChI is InChI=1S/C18H22N2O2S/c1-18(2,19)17(21)20-16-10-6-9-15(11-16)13-23(22)12-14-7-4-3-5-8-14/h3-11H,12-13,19H2,1-2H3,(H,20,21). The summed E-state index contributed by atoms with van der Waals surface area (Å²) in [5.41, 5.74) is 7.48. The van der Waals surface area contributed by atoms with Crippen molar-refractivity contribution in [2.24, 2.45) is 5.73 Å². The zero-order valence-electron chi connectivity index (χ0n) is 13.4. The first kappa shape index (κ1) is 17.4. The number of anilines is 1. The number of nitrogens with two attached hydrogens (primary N) is 1. The number of nitrogens with one attached hydrogen (secondary N) is 1. The lowest BCUT2D eigenvalue weighted by molar-refractivity contribution is -0.120. The maximum Gasteiger partial charge on any atom is 0.243 e. The van der Waals surface area contributed by atoms with E-state index in [9.17, 15) is 9.00 Å². The van der Waals surface area contributed by atoms with Crippen molar-refractivity contribution in [3.8, 4) is 0 Å². The smallest absolute Gasteiger partial charge is 0.243 e. The van der Waals surface area contributed by atoms with Crippen molar-refractivity contribution in [1.29, 1.82) is 0 Å². The molecule has 0 aliphatic carbocycles. The van der Waals surface area contributed by atoms with Crippen LogP contribution in [-0.2, 0) is 27.1 Å². The molecule has 2 aromatic carbocycles. The minimum absolute atomic E-state index is 0.250. The highest BCUT2D eigenvalue weighted by molar-refractivity contribution is 7.83. The first-order valence-electron chi connectivity index (χ1n) is 7.43. The minimum Gasteiger partial charge on any atom is -0.325 e. The van der Waals surface area contributed by atoms with Crippen molar-refractivity contribution >= 4 is 22.4 Å². The van der Waals surface area contributed by atoms with Crippen LogP contribution < -0.4 is 11.1 Å². The largest absolute Gasteiger partial charge is 0.325 e. The Hall–Kier alpha value is -1.98. The molecule has 0 heterocycles. The van der Waals surface area contributed by atoms with Gasteiger partial charge in [0.05, 0.1) is 5.54 Å². The van der Waals surface area contributed by atoms with E-state index in [0.29, 0.717) is 17.2 Å². The third kappa shape index (κ3) is 5.62. The van der Waals surface area contributed by atoms with Crippen LogP contribution in [0.2, 0.25) is 0 Å². The quantitative estimate of drug-likeness (QED) is 0.855. The van der Waals surface area contributed by atoms with Gasteiger partial charge in [-0.05, 0) is 37.1 Å². The first-order chi connectivity index (χ1) is 10.8. The first-order valence-corrected chi connectivity index (χ1v) is 8.91. The number of amides is 1. The van der Waals surface area contributed by atoms with Gasteiger partial charge in [0.2, 0.25) is 5.91 Å². The number of hydrogen-bond acceptors (Lipinski definition) is 3. The van der Waals surface area contributed by atoms with E-state index in [1.54, 1.807) is 19.9 Å². The Labute approximate surface area is 139 Å². The second-order valence-electron chi connectivity index (χ2n) is 6.09. The van der Waals surface area contributed by atoms with Gasteiger partial charge in [0.1, 0.15) is 0 Å². The Balaban J connectivity index is 2.00. The van der Waals surface area contributed by atoms with E-state index < -0.39 is 16.3 Å². The highest BCUT2D eigenvalue weighted by atomic mass is 32.2. The molecular weight excluding hydrogens is 308 g/mol. The van der Waals surface area contributed by atoms with Crippen molar-refractivity contribution in [2.45, 2.75) is 30.9 Å². The topological polar surface area (TPSA) is 72.2 Å². The van der Waals surface area contributed by atoms with Crippen molar-refractivity contribution in [3.05, 3.63) is 65.7 Å². The molecule has 0 fully saturated rings. The van der Waals surface area contributed by atoms with Crippen LogP contribution >= 0.6 is 0 Å². The fourth-order valence-corrected chi connectivity index (χ4v) is 3.25. The van der Waals surface area contributed by atoms with Gasteiger partial charge in [-0.1, -0.05) is 42.5 Å². The summed E-state index contributed by atoms with van der Waals surface area (Å²) in [4.78, 5) is 11.9. The number of rotatable bonds is 6. The Morgan fingerprint density at radius 3 is 2.30 bits per heavy atom.